The predicted molar refractivity (Wildman–Crippen MR) is 44.1 cm³/mol. The van der Waals surface area contributed by atoms with Gasteiger partial charge in [-0.1, -0.05) is 30.3 Å². The van der Waals surface area contributed by atoms with Gasteiger partial charge in [0.15, 0.2) is 0 Å². The lowest BCUT2D eigenvalue weighted by molar-refractivity contribution is 0.826. The van der Waals surface area contributed by atoms with Crippen LogP contribution in [0.5, 0.6) is 0 Å². The van der Waals surface area contributed by atoms with Crippen LogP contribution in [0.2, 0.25) is 0 Å². The van der Waals surface area contributed by atoms with E-state index in [1.165, 1.54) is 0 Å². The summed E-state index contributed by atoms with van der Waals surface area (Å²) < 4.78 is 0. The molecule has 0 bridgehead atoms. The van der Waals surface area contributed by atoms with Crippen molar-refractivity contribution in [3.8, 4) is 0 Å². The normalized spacial score (nSPS) is 13.0. The van der Waals surface area contributed by atoms with Crippen LogP contribution < -0.4 is 5.73 Å². The highest BCUT2D eigenvalue weighted by Gasteiger charge is 2.00. The summed E-state index contributed by atoms with van der Waals surface area (Å²) in [4.78, 5) is 0. The quantitative estimate of drug-likeness (QED) is 0.649. The number of alkyl halides is 1. The number of hydrogen-bond acceptors (Lipinski definition) is 1. The maximum Gasteiger partial charge on any atom is 0.0432 e. The van der Waals surface area contributed by atoms with Crippen molar-refractivity contribution in [3.63, 3.8) is 0 Å². The summed E-state index contributed by atoms with van der Waals surface area (Å²) >= 11 is 5.56. The molecule has 0 aromatic heterocycles. The Bertz CT molecular complexity index is 186. The molecule has 0 saturated heterocycles. The minimum atomic E-state index is -0.0251. The standard InChI is InChI=1S/C8H10ClN/c9-6-8(10)7-4-2-1-3-5-7/h1-5,8H,6,10H2. The first-order chi connectivity index (χ1) is 4.84. The molecule has 54 valence electrons. The van der Waals surface area contributed by atoms with Gasteiger partial charge in [0.25, 0.3) is 0 Å². The average molecular weight is 156 g/mol. The van der Waals surface area contributed by atoms with E-state index in [9.17, 15) is 0 Å². The maximum atomic E-state index is 5.66. The molecule has 1 nitrogen and oxygen atoms in total. The second-order valence-electron chi connectivity index (χ2n) is 2.17. The average Bonchev–Trinajstić information content (AvgIpc) is 2.05. The summed E-state index contributed by atoms with van der Waals surface area (Å²) in [5.74, 6) is 0.476. The van der Waals surface area contributed by atoms with Crippen LogP contribution in [0.3, 0.4) is 0 Å². The molecule has 2 N–H and O–H groups in total. The first-order valence-corrected chi connectivity index (χ1v) is 3.74. The van der Waals surface area contributed by atoms with Crippen molar-refractivity contribution in [2.24, 2.45) is 5.73 Å². The fourth-order valence-corrected chi connectivity index (χ4v) is 0.967. The highest BCUT2D eigenvalue weighted by molar-refractivity contribution is 6.18. The number of rotatable bonds is 2. The Balaban J connectivity index is 2.75. The largest absolute Gasteiger partial charge is 0.323 e. The molecule has 0 heterocycles. The Kier molecular flexibility index (Phi) is 2.72. The Morgan fingerprint density at radius 1 is 1.30 bits per heavy atom. The fourth-order valence-electron chi connectivity index (χ4n) is 0.789. The minimum absolute atomic E-state index is 0.0251. The molecule has 1 unspecified atom stereocenters. The number of halogens is 1. The molecular weight excluding hydrogens is 146 g/mol. The molecule has 0 aliphatic carbocycles. The Morgan fingerprint density at radius 3 is 2.40 bits per heavy atom. The molecule has 1 atom stereocenters. The molecule has 0 aliphatic heterocycles. The molecule has 1 rings (SSSR count). The molecule has 2 heteroatoms. The van der Waals surface area contributed by atoms with Gasteiger partial charge in [-0.3, -0.25) is 0 Å². The van der Waals surface area contributed by atoms with E-state index < -0.39 is 0 Å². The molecule has 0 saturated carbocycles. The lowest BCUT2D eigenvalue weighted by atomic mass is 10.1. The first-order valence-electron chi connectivity index (χ1n) is 3.21. The van der Waals surface area contributed by atoms with Crippen molar-refractivity contribution in [1.82, 2.24) is 0 Å². The lowest BCUT2D eigenvalue weighted by Gasteiger charge is -2.05. The SMILES string of the molecule is NC(CCl)c1ccccc1. The second kappa shape index (κ2) is 3.59. The van der Waals surface area contributed by atoms with E-state index in [1.807, 2.05) is 30.3 Å². The zero-order valence-corrected chi connectivity index (χ0v) is 6.38. The van der Waals surface area contributed by atoms with Gasteiger partial charge in [0.2, 0.25) is 0 Å². The van der Waals surface area contributed by atoms with Crippen LogP contribution in [-0.4, -0.2) is 5.88 Å². The second-order valence-corrected chi connectivity index (χ2v) is 2.48. The van der Waals surface area contributed by atoms with Gasteiger partial charge in [0.1, 0.15) is 0 Å². The van der Waals surface area contributed by atoms with Gasteiger partial charge in [0.05, 0.1) is 0 Å². The monoisotopic (exact) mass is 155 g/mol. The molecule has 10 heavy (non-hydrogen) atoms. The zero-order valence-electron chi connectivity index (χ0n) is 5.63. The van der Waals surface area contributed by atoms with Crippen LogP contribution in [0, 0.1) is 0 Å². The van der Waals surface area contributed by atoms with E-state index in [1.54, 1.807) is 0 Å². The zero-order chi connectivity index (χ0) is 7.40. The van der Waals surface area contributed by atoms with Gasteiger partial charge in [0, 0.05) is 11.9 Å². The topological polar surface area (TPSA) is 26.0 Å². The Hall–Kier alpha value is -0.530. The third kappa shape index (κ3) is 1.72. The first kappa shape index (κ1) is 7.58. The van der Waals surface area contributed by atoms with E-state index in [2.05, 4.69) is 0 Å². The van der Waals surface area contributed by atoms with Gasteiger partial charge in [-0.25, -0.2) is 0 Å². The Morgan fingerprint density at radius 2 is 1.90 bits per heavy atom. The van der Waals surface area contributed by atoms with E-state index in [0.717, 1.165) is 5.56 Å². The molecule has 1 aromatic rings. The van der Waals surface area contributed by atoms with Crippen molar-refractivity contribution in [2.45, 2.75) is 6.04 Å². The number of benzene rings is 1. The smallest absolute Gasteiger partial charge is 0.0432 e. The van der Waals surface area contributed by atoms with Crippen molar-refractivity contribution >= 4 is 11.6 Å². The van der Waals surface area contributed by atoms with Crippen LogP contribution in [-0.2, 0) is 0 Å². The van der Waals surface area contributed by atoms with E-state index in [0.29, 0.717) is 5.88 Å². The van der Waals surface area contributed by atoms with Crippen LogP contribution in [0.25, 0.3) is 0 Å². The van der Waals surface area contributed by atoms with Crippen LogP contribution in [0.1, 0.15) is 11.6 Å². The highest BCUT2D eigenvalue weighted by Crippen LogP contribution is 2.09. The summed E-state index contributed by atoms with van der Waals surface area (Å²) in [6.07, 6.45) is 0. The summed E-state index contributed by atoms with van der Waals surface area (Å²) in [6.45, 7) is 0. The van der Waals surface area contributed by atoms with Crippen LogP contribution in [0.4, 0.5) is 0 Å². The number of nitrogens with two attached hydrogens (primary N) is 1. The maximum absolute atomic E-state index is 5.66. The molecule has 0 amide bonds. The third-order valence-corrected chi connectivity index (χ3v) is 1.73. The summed E-state index contributed by atoms with van der Waals surface area (Å²) in [5, 5.41) is 0. The van der Waals surface area contributed by atoms with Gasteiger partial charge < -0.3 is 5.73 Å². The summed E-state index contributed by atoms with van der Waals surface area (Å²) in [6, 6.07) is 9.82. The van der Waals surface area contributed by atoms with E-state index >= 15 is 0 Å². The fraction of sp³-hybridized carbons (Fsp3) is 0.250. The lowest BCUT2D eigenvalue weighted by Crippen LogP contribution is -2.10. The molecule has 0 aliphatic rings. The van der Waals surface area contributed by atoms with Gasteiger partial charge in [-0.05, 0) is 5.56 Å². The van der Waals surface area contributed by atoms with Crippen LogP contribution in [0.15, 0.2) is 30.3 Å². The van der Waals surface area contributed by atoms with Crippen molar-refractivity contribution < 1.29 is 0 Å². The van der Waals surface area contributed by atoms with Crippen molar-refractivity contribution in [2.75, 3.05) is 5.88 Å². The van der Waals surface area contributed by atoms with Crippen LogP contribution >= 0.6 is 11.6 Å². The highest BCUT2D eigenvalue weighted by atomic mass is 35.5. The van der Waals surface area contributed by atoms with Gasteiger partial charge in [-0.15, -0.1) is 11.6 Å². The van der Waals surface area contributed by atoms with Gasteiger partial charge >= 0.3 is 0 Å². The van der Waals surface area contributed by atoms with Crippen molar-refractivity contribution in [3.05, 3.63) is 35.9 Å². The molecular formula is C8H10ClN. The summed E-state index contributed by atoms with van der Waals surface area (Å²) in [7, 11) is 0. The third-order valence-electron chi connectivity index (χ3n) is 1.39. The molecule has 0 radical (unpaired) electrons. The Labute approximate surface area is 65.8 Å². The molecule has 0 spiro atoms. The predicted octanol–water partition coefficient (Wildman–Crippen LogP) is 1.93. The summed E-state index contributed by atoms with van der Waals surface area (Å²) in [5.41, 5.74) is 6.76. The van der Waals surface area contributed by atoms with E-state index in [-0.39, 0.29) is 6.04 Å². The number of hydrogen-bond donors (Lipinski definition) is 1. The van der Waals surface area contributed by atoms with Crippen molar-refractivity contribution in [1.29, 1.82) is 0 Å². The van der Waals surface area contributed by atoms with E-state index in [4.69, 9.17) is 17.3 Å². The van der Waals surface area contributed by atoms with Gasteiger partial charge in [-0.2, -0.15) is 0 Å². The molecule has 0 fully saturated rings. The minimum Gasteiger partial charge on any atom is -0.323 e. The molecule has 1 aromatic carbocycles.